The molecule has 11 nitrogen and oxygen atoms in total. The number of fused-ring (bicyclic) bond motifs is 1. The highest BCUT2D eigenvalue weighted by Crippen LogP contribution is 2.21. The Balaban J connectivity index is 1.83. The van der Waals surface area contributed by atoms with Crippen molar-refractivity contribution in [2.75, 3.05) is 19.7 Å². The van der Waals surface area contributed by atoms with Crippen LogP contribution in [0.2, 0.25) is 0 Å². The summed E-state index contributed by atoms with van der Waals surface area (Å²) < 4.78 is 34.7. The molecular weight excluding hydrogens is 328 g/mol. The van der Waals surface area contributed by atoms with Gasteiger partial charge in [-0.3, -0.25) is 4.57 Å². The summed E-state index contributed by atoms with van der Waals surface area (Å²) in [4.78, 5) is 17.8. The van der Waals surface area contributed by atoms with Gasteiger partial charge in [0.05, 0.1) is 6.33 Å². The number of hydrogen-bond donors (Lipinski definition) is 0. The highest BCUT2D eigenvalue weighted by atomic mass is 32.2. The van der Waals surface area contributed by atoms with Crippen LogP contribution in [-0.4, -0.2) is 56.4 Å². The van der Waals surface area contributed by atoms with Crippen LogP contribution in [0.1, 0.15) is 0 Å². The number of sulfonamides is 1. The van der Waals surface area contributed by atoms with Crippen LogP contribution < -0.4 is 4.74 Å². The van der Waals surface area contributed by atoms with Crippen molar-refractivity contribution < 1.29 is 18.1 Å². The van der Waals surface area contributed by atoms with Crippen LogP contribution in [0, 0.1) is 10.1 Å². The summed E-state index contributed by atoms with van der Waals surface area (Å²) in [6.45, 7) is 0.491. The summed E-state index contributed by atoms with van der Waals surface area (Å²) >= 11 is 0. The molecule has 0 atom stereocenters. The van der Waals surface area contributed by atoms with E-state index in [1.807, 2.05) is 0 Å². The molecule has 0 aliphatic carbocycles. The van der Waals surface area contributed by atoms with Crippen molar-refractivity contribution in [2.45, 2.75) is 11.6 Å². The lowest BCUT2D eigenvalue weighted by Crippen LogP contribution is -2.38. The van der Waals surface area contributed by atoms with Gasteiger partial charge in [-0.1, -0.05) is 0 Å². The number of aryl methyl sites for hydroxylation is 1. The molecular formula is C11H14N6O5S. The fourth-order valence-corrected chi connectivity index (χ4v) is 3.59. The molecule has 0 spiro atoms. The predicted octanol–water partition coefficient (Wildman–Crippen LogP) is -0.392. The third-order valence-electron chi connectivity index (χ3n) is 3.36. The van der Waals surface area contributed by atoms with Crippen molar-refractivity contribution in [1.82, 2.24) is 23.4 Å². The van der Waals surface area contributed by atoms with E-state index in [0.29, 0.717) is 0 Å². The van der Waals surface area contributed by atoms with E-state index in [1.54, 1.807) is 11.6 Å². The van der Waals surface area contributed by atoms with Crippen LogP contribution in [-0.2, 0) is 23.6 Å². The van der Waals surface area contributed by atoms with E-state index in [-0.39, 0.29) is 43.1 Å². The molecule has 12 heteroatoms. The average molecular weight is 342 g/mol. The van der Waals surface area contributed by atoms with Gasteiger partial charge in [-0.05, 0) is 4.92 Å². The first-order chi connectivity index (χ1) is 10.9. The molecule has 3 heterocycles. The second-order valence-corrected chi connectivity index (χ2v) is 6.85. The van der Waals surface area contributed by atoms with Crippen molar-refractivity contribution in [3.8, 4) is 6.01 Å². The number of aromatic nitrogens is 4. The van der Waals surface area contributed by atoms with Gasteiger partial charge in [-0.25, -0.2) is 13.4 Å². The molecule has 23 heavy (non-hydrogen) atoms. The van der Waals surface area contributed by atoms with Gasteiger partial charge in [0.15, 0.2) is 5.03 Å². The number of nitrogens with zero attached hydrogens (tertiary/aromatic N) is 6. The number of imidazole rings is 2. The standard InChI is InChI=1S/C11H14N6O5S/c1-14-7-10(12-8-14)23(20,21)16-3-2-15-6-9(17(18)19)13-11(15)22-5-4-16/h6-8H,2-5H2,1H3. The highest BCUT2D eigenvalue weighted by molar-refractivity contribution is 7.89. The molecule has 0 saturated carbocycles. The molecule has 0 N–H and O–H groups in total. The van der Waals surface area contributed by atoms with Crippen LogP contribution in [0.5, 0.6) is 6.01 Å². The Hall–Kier alpha value is -2.47. The summed E-state index contributed by atoms with van der Waals surface area (Å²) in [6.07, 6.45) is 4.05. The smallest absolute Gasteiger partial charge is 0.414 e. The van der Waals surface area contributed by atoms with Gasteiger partial charge >= 0.3 is 11.8 Å². The highest BCUT2D eigenvalue weighted by Gasteiger charge is 2.30. The van der Waals surface area contributed by atoms with Gasteiger partial charge in [0.25, 0.3) is 10.0 Å². The van der Waals surface area contributed by atoms with Crippen molar-refractivity contribution in [3.63, 3.8) is 0 Å². The van der Waals surface area contributed by atoms with Crippen molar-refractivity contribution in [2.24, 2.45) is 7.05 Å². The average Bonchev–Trinajstić information content (AvgIpc) is 3.05. The molecule has 2 aromatic rings. The Kier molecular flexibility index (Phi) is 3.77. The molecule has 0 bridgehead atoms. The van der Waals surface area contributed by atoms with Gasteiger partial charge in [-0.15, -0.1) is 0 Å². The Bertz CT molecular complexity index is 841. The zero-order valence-corrected chi connectivity index (χ0v) is 13.0. The fourth-order valence-electron chi connectivity index (χ4n) is 2.21. The van der Waals surface area contributed by atoms with Crippen LogP contribution in [0.4, 0.5) is 5.82 Å². The third-order valence-corrected chi connectivity index (χ3v) is 5.15. The zero-order valence-electron chi connectivity index (χ0n) is 12.2. The Morgan fingerprint density at radius 2 is 2.09 bits per heavy atom. The molecule has 2 aromatic heterocycles. The first-order valence-electron chi connectivity index (χ1n) is 6.70. The van der Waals surface area contributed by atoms with Crippen molar-refractivity contribution in [1.29, 1.82) is 0 Å². The SMILES string of the molecule is Cn1cnc(S(=O)(=O)N2CCOc3nc([N+](=O)[O-])cn3CC2)c1. The lowest BCUT2D eigenvalue weighted by atomic mass is 10.5. The molecule has 0 unspecified atom stereocenters. The molecule has 0 amide bonds. The lowest BCUT2D eigenvalue weighted by Gasteiger charge is -2.23. The molecule has 0 aromatic carbocycles. The minimum Gasteiger partial charge on any atom is -0.444 e. The van der Waals surface area contributed by atoms with E-state index < -0.39 is 14.9 Å². The van der Waals surface area contributed by atoms with E-state index in [4.69, 9.17) is 4.74 Å². The molecule has 1 aliphatic rings. The zero-order chi connectivity index (χ0) is 16.6. The largest absolute Gasteiger partial charge is 0.444 e. The van der Waals surface area contributed by atoms with Crippen LogP contribution in [0.3, 0.4) is 0 Å². The maximum absolute atomic E-state index is 12.6. The third kappa shape index (κ3) is 2.90. The molecule has 3 rings (SSSR count). The number of hydrogen-bond acceptors (Lipinski definition) is 7. The van der Waals surface area contributed by atoms with Gasteiger partial charge in [0.1, 0.15) is 12.8 Å². The van der Waals surface area contributed by atoms with E-state index in [0.717, 1.165) is 0 Å². The van der Waals surface area contributed by atoms with Gasteiger partial charge in [0.2, 0.25) is 0 Å². The Morgan fingerprint density at radius 3 is 2.74 bits per heavy atom. The quantitative estimate of drug-likeness (QED) is 0.549. The summed E-state index contributed by atoms with van der Waals surface area (Å²) in [5, 5.41) is 10.7. The maximum atomic E-state index is 12.6. The number of rotatable bonds is 3. The Morgan fingerprint density at radius 1 is 1.30 bits per heavy atom. The van der Waals surface area contributed by atoms with E-state index in [2.05, 4.69) is 9.97 Å². The molecule has 0 saturated heterocycles. The maximum Gasteiger partial charge on any atom is 0.414 e. The van der Waals surface area contributed by atoms with Gasteiger partial charge in [0, 0.05) is 37.9 Å². The second-order valence-electron chi connectivity index (χ2n) is 4.96. The monoisotopic (exact) mass is 342 g/mol. The minimum absolute atomic E-state index is 0.0419. The number of nitro groups is 1. The Labute approximate surface area is 131 Å². The van der Waals surface area contributed by atoms with E-state index in [1.165, 1.54) is 27.6 Å². The van der Waals surface area contributed by atoms with Crippen LogP contribution in [0.25, 0.3) is 0 Å². The molecule has 124 valence electrons. The predicted molar refractivity (Wildman–Crippen MR) is 76.3 cm³/mol. The number of ether oxygens (including phenoxy) is 1. The molecule has 0 radical (unpaired) electrons. The topological polar surface area (TPSA) is 125 Å². The summed E-state index contributed by atoms with van der Waals surface area (Å²) in [6, 6.07) is 0.117. The lowest BCUT2D eigenvalue weighted by molar-refractivity contribution is -0.389. The van der Waals surface area contributed by atoms with Crippen LogP contribution >= 0.6 is 0 Å². The first kappa shape index (κ1) is 15.4. The van der Waals surface area contributed by atoms with Crippen molar-refractivity contribution in [3.05, 3.63) is 28.8 Å². The molecule has 1 aliphatic heterocycles. The summed E-state index contributed by atoms with van der Waals surface area (Å²) in [5.74, 6) is -0.332. The normalized spacial score (nSPS) is 16.2. The van der Waals surface area contributed by atoms with E-state index >= 15 is 0 Å². The molecule has 0 fully saturated rings. The van der Waals surface area contributed by atoms with Crippen LogP contribution in [0.15, 0.2) is 23.7 Å². The summed E-state index contributed by atoms with van der Waals surface area (Å²) in [5.41, 5.74) is 0. The first-order valence-corrected chi connectivity index (χ1v) is 8.14. The summed E-state index contributed by atoms with van der Waals surface area (Å²) in [7, 11) is -2.06. The van der Waals surface area contributed by atoms with Gasteiger partial charge < -0.3 is 19.4 Å². The minimum atomic E-state index is -3.74. The van der Waals surface area contributed by atoms with Gasteiger partial charge in [-0.2, -0.15) is 4.31 Å². The fraction of sp³-hybridized carbons (Fsp3) is 0.455. The second kappa shape index (κ2) is 5.62. The van der Waals surface area contributed by atoms with E-state index in [9.17, 15) is 18.5 Å². The van der Waals surface area contributed by atoms with Crippen molar-refractivity contribution >= 4 is 15.8 Å².